The molecule has 0 saturated carbocycles. The van der Waals surface area contributed by atoms with E-state index in [1.54, 1.807) is 19.1 Å². The van der Waals surface area contributed by atoms with E-state index in [1.165, 1.54) is 0 Å². The maximum Gasteiger partial charge on any atom is 0.333 e. The van der Waals surface area contributed by atoms with Crippen LogP contribution in [0.3, 0.4) is 0 Å². The molecule has 1 rings (SSSR count). The molecule has 1 unspecified atom stereocenters. The van der Waals surface area contributed by atoms with Crippen molar-refractivity contribution in [3.05, 3.63) is 42.0 Å². The van der Waals surface area contributed by atoms with Crippen LogP contribution in [0.15, 0.2) is 36.4 Å². The first-order valence-corrected chi connectivity index (χ1v) is 6.95. The van der Waals surface area contributed by atoms with Crippen LogP contribution in [0.5, 0.6) is 5.75 Å². The van der Waals surface area contributed by atoms with Gasteiger partial charge in [0.15, 0.2) is 0 Å². The van der Waals surface area contributed by atoms with Gasteiger partial charge in [-0.1, -0.05) is 39.5 Å². The van der Waals surface area contributed by atoms with Crippen molar-refractivity contribution in [2.45, 2.75) is 33.8 Å². The topological polar surface area (TPSA) is 55.8 Å². The lowest BCUT2D eigenvalue weighted by atomic mass is 9.85. The van der Waals surface area contributed by atoms with Gasteiger partial charge in [-0.25, -0.2) is 4.79 Å². The first kappa shape index (κ1) is 17.2. The summed E-state index contributed by atoms with van der Waals surface area (Å²) < 4.78 is 10.4. The Hall–Kier alpha value is -1.81. The number of esters is 1. The Morgan fingerprint density at radius 2 is 1.81 bits per heavy atom. The van der Waals surface area contributed by atoms with Gasteiger partial charge in [-0.3, -0.25) is 0 Å². The summed E-state index contributed by atoms with van der Waals surface area (Å²) in [4.78, 5) is 11.2. The van der Waals surface area contributed by atoms with E-state index in [9.17, 15) is 9.90 Å². The van der Waals surface area contributed by atoms with E-state index in [-0.39, 0.29) is 18.6 Å². The van der Waals surface area contributed by atoms with Crippen LogP contribution >= 0.6 is 0 Å². The van der Waals surface area contributed by atoms with Gasteiger partial charge in [0.2, 0.25) is 0 Å². The van der Waals surface area contributed by atoms with Gasteiger partial charge in [0.1, 0.15) is 19.0 Å². The van der Waals surface area contributed by atoms with Gasteiger partial charge in [0, 0.05) is 5.57 Å². The zero-order chi connectivity index (χ0) is 16.0. The predicted octanol–water partition coefficient (Wildman–Crippen LogP) is 3.26. The van der Waals surface area contributed by atoms with Gasteiger partial charge in [-0.2, -0.15) is 0 Å². The highest BCUT2D eigenvalue weighted by Gasteiger charge is 2.23. The molecule has 1 atom stereocenters. The Morgan fingerprint density at radius 3 is 2.29 bits per heavy atom. The molecular weight excluding hydrogens is 268 g/mol. The highest BCUT2D eigenvalue weighted by molar-refractivity contribution is 5.86. The van der Waals surface area contributed by atoms with E-state index in [0.717, 1.165) is 5.56 Å². The summed E-state index contributed by atoms with van der Waals surface area (Å²) in [5.74, 6) is 0.258. The summed E-state index contributed by atoms with van der Waals surface area (Å²) in [6, 6.07) is 7.27. The molecule has 0 aromatic heterocycles. The van der Waals surface area contributed by atoms with Crippen molar-refractivity contribution in [1.82, 2.24) is 0 Å². The van der Waals surface area contributed by atoms with Crippen LogP contribution in [0, 0.1) is 5.41 Å². The highest BCUT2D eigenvalue weighted by atomic mass is 16.6. The fraction of sp³-hybridized carbons (Fsp3) is 0.471. The minimum absolute atomic E-state index is 0.179. The lowest BCUT2D eigenvalue weighted by Gasteiger charge is -2.26. The van der Waals surface area contributed by atoms with Crippen molar-refractivity contribution in [2.75, 3.05) is 13.2 Å². The van der Waals surface area contributed by atoms with Crippen molar-refractivity contribution < 1.29 is 19.4 Å². The molecule has 1 aromatic carbocycles. The summed E-state index contributed by atoms with van der Waals surface area (Å²) in [6.07, 6.45) is -0.525. The number of benzene rings is 1. The smallest absolute Gasteiger partial charge is 0.333 e. The number of aliphatic hydroxyl groups is 1. The first-order valence-electron chi connectivity index (χ1n) is 6.95. The number of carbonyl (C=O) groups is 1. The lowest BCUT2D eigenvalue weighted by Crippen LogP contribution is -2.17. The molecule has 116 valence electrons. The SMILES string of the molecule is C=C(C)C(=O)OCCOc1ccc(C(O)C(C)(C)C)cc1. The molecule has 0 spiro atoms. The van der Waals surface area contributed by atoms with E-state index in [1.807, 2.05) is 32.9 Å². The minimum atomic E-state index is -0.525. The average molecular weight is 292 g/mol. The van der Waals surface area contributed by atoms with Crippen LogP contribution in [-0.2, 0) is 9.53 Å². The highest BCUT2D eigenvalue weighted by Crippen LogP contribution is 2.32. The van der Waals surface area contributed by atoms with Gasteiger partial charge >= 0.3 is 5.97 Å². The normalized spacial score (nSPS) is 12.6. The summed E-state index contributed by atoms with van der Waals surface area (Å²) >= 11 is 0. The van der Waals surface area contributed by atoms with Gasteiger partial charge in [0.25, 0.3) is 0 Å². The fourth-order valence-corrected chi connectivity index (χ4v) is 1.66. The Balaban J connectivity index is 2.45. The number of carbonyl (C=O) groups excluding carboxylic acids is 1. The van der Waals surface area contributed by atoms with Gasteiger partial charge in [-0.15, -0.1) is 0 Å². The molecule has 0 fully saturated rings. The molecule has 0 saturated heterocycles. The monoisotopic (exact) mass is 292 g/mol. The van der Waals surface area contributed by atoms with Crippen LogP contribution in [-0.4, -0.2) is 24.3 Å². The van der Waals surface area contributed by atoms with Crippen molar-refractivity contribution in [3.63, 3.8) is 0 Å². The molecule has 0 aliphatic carbocycles. The third-order valence-corrected chi connectivity index (χ3v) is 2.95. The van der Waals surface area contributed by atoms with Crippen LogP contribution in [0.1, 0.15) is 39.4 Å². The standard InChI is InChI=1S/C17H24O4/c1-12(2)16(19)21-11-10-20-14-8-6-13(7-9-14)15(18)17(3,4)5/h6-9,15,18H,1,10-11H2,2-5H3. The van der Waals surface area contributed by atoms with Crippen LogP contribution in [0.4, 0.5) is 0 Å². The van der Waals surface area contributed by atoms with E-state index in [4.69, 9.17) is 9.47 Å². The Kier molecular flexibility index (Phi) is 5.97. The Morgan fingerprint density at radius 1 is 1.24 bits per heavy atom. The molecule has 0 aliphatic rings. The van der Waals surface area contributed by atoms with Crippen molar-refractivity contribution in [1.29, 1.82) is 0 Å². The molecule has 1 N–H and O–H groups in total. The predicted molar refractivity (Wildman–Crippen MR) is 82.1 cm³/mol. The minimum Gasteiger partial charge on any atom is -0.490 e. The van der Waals surface area contributed by atoms with E-state index in [0.29, 0.717) is 11.3 Å². The molecule has 0 aliphatic heterocycles. The van der Waals surface area contributed by atoms with Crippen molar-refractivity contribution in [2.24, 2.45) is 5.41 Å². The second-order valence-corrected chi connectivity index (χ2v) is 6.10. The van der Waals surface area contributed by atoms with Crippen LogP contribution in [0.2, 0.25) is 0 Å². The molecule has 4 heteroatoms. The maximum atomic E-state index is 11.2. The molecular formula is C17H24O4. The van der Waals surface area contributed by atoms with Gasteiger partial charge < -0.3 is 14.6 Å². The zero-order valence-corrected chi connectivity index (χ0v) is 13.2. The molecule has 0 amide bonds. The number of hydrogen-bond donors (Lipinski definition) is 1. The second-order valence-electron chi connectivity index (χ2n) is 6.10. The fourth-order valence-electron chi connectivity index (χ4n) is 1.66. The summed E-state index contributed by atoms with van der Waals surface area (Å²) in [6.45, 7) is 11.5. The average Bonchev–Trinajstić information content (AvgIpc) is 2.42. The number of ether oxygens (including phenoxy) is 2. The third-order valence-electron chi connectivity index (χ3n) is 2.95. The lowest BCUT2D eigenvalue weighted by molar-refractivity contribution is -0.139. The van der Waals surface area contributed by atoms with Crippen LogP contribution in [0.25, 0.3) is 0 Å². The number of aliphatic hydroxyl groups excluding tert-OH is 1. The summed E-state index contributed by atoms with van der Waals surface area (Å²) in [7, 11) is 0. The Bertz CT molecular complexity index is 483. The largest absolute Gasteiger partial charge is 0.490 e. The van der Waals surface area contributed by atoms with Gasteiger partial charge in [-0.05, 0) is 30.0 Å². The molecule has 21 heavy (non-hydrogen) atoms. The van der Waals surface area contributed by atoms with Crippen molar-refractivity contribution >= 4 is 5.97 Å². The third kappa shape index (κ3) is 5.60. The molecule has 0 radical (unpaired) electrons. The van der Waals surface area contributed by atoms with Gasteiger partial charge in [0.05, 0.1) is 6.10 Å². The number of rotatable bonds is 6. The second kappa shape index (κ2) is 7.27. The van der Waals surface area contributed by atoms with Crippen molar-refractivity contribution in [3.8, 4) is 5.75 Å². The Labute approximate surface area is 126 Å². The molecule has 1 aromatic rings. The summed E-state index contributed by atoms with van der Waals surface area (Å²) in [5, 5.41) is 10.2. The quantitative estimate of drug-likeness (QED) is 0.497. The van der Waals surface area contributed by atoms with Crippen LogP contribution < -0.4 is 4.74 Å². The maximum absolute atomic E-state index is 11.2. The van der Waals surface area contributed by atoms with E-state index in [2.05, 4.69) is 6.58 Å². The summed E-state index contributed by atoms with van der Waals surface area (Å²) in [5.41, 5.74) is 1.01. The number of hydrogen-bond acceptors (Lipinski definition) is 4. The molecule has 0 bridgehead atoms. The zero-order valence-electron chi connectivity index (χ0n) is 13.2. The van der Waals surface area contributed by atoms with E-state index >= 15 is 0 Å². The van der Waals surface area contributed by atoms with E-state index < -0.39 is 12.1 Å². The molecule has 0 heterocycles. The first-order chi connectivity index (χ1) is 9.71. The molecule has 4 nitrogen and oxygen atoms in total.